The van der Waals surface area contributed by atoms with Gasteiger partial charge in [0.25, 0.3) is 5.91 Å². The lowest BCUT2D eigenvalue weighted by Crippen LogP contribution is -2.57. The van der Waals surface area contributed by atoms with Gasteiger partial charge in [0.15, 0.2) is 0 Å². The highest BCUT2D eigenvalue weighted by Gasteiger charge is 2.62. The number of aromatic nitrogens is 2. The molecule has 1 aromatic carbocycles. The molecule has 0 bridgehead atoms. The number of allylic oxidation sites excluding steroid dienone is 1. The average Bonchev–Trinajstić information content (AvgIpc) is 3.95. The second-order valence-corrected chi connectivity index (χ2v) is 17.5. The second-order valence-electron chi connectivity index (χ2n) is 14.5. The first-order chi connectivity index (χ1) is 24.3. The molecule has 6 rings (SSSR count). The lowest BCUT2D eigenvalue weighted by atomic mass is 10.1. The third-order valence-electron chi connectivity index (χ3n) is 10.3. The quantitative estimate of drug-likeness (QED) is 0.230. The number of aryl methyl sites for hydroxylation is 1. The highest BCUT2D eigenvalue weighted by atomic mass is 32.2. The van der Waals surface area contributed by atoms with Crippen LogP contribution in [-0.2, 0) is 24.4 Å². The monoisotopic (exact) mass is 737 g/mol. The van der Waals surface area contributed by atoms with Crippen LogP contribution in [0.2, 0.25) is 0 Å². The minimum atomic E-state index is -3.93. The smallest absolute Gasteiger partial charge is 0.259 e. The van der Waals surface area contributed by atoms with Gasteiger partial charge in [0.2, 0.25) is 21.8 Å². The maximum absolute atomic E-state index is 14.0. The van der Waals surface area contributed by atoms with Crippen molar-refractivity contribution in [2.45, 2.75) is 108 Å². The van der Waals surface area contributed by atoms with Crippen LogP contribution >= 0.6 is 11.3 Å². The van der Waals surface area contributed by atoms with Crippen molar-refractivity contribution in [2.24, 2.45) is 5.92 Å². The molecule has 1 aliphatic heterocycles. The van der Waals surface area contributed by atoms with E-state index in [1.54, 1.807) is 14.0 Å². The summed E-state index contributed by atoms with van der Waals surface area (Å²) < 4.78 is 39.2. The molecule has 51 heavy (non-hydrogen) atoms. The summed E-state index contributed by atoms with van der Waals surface area (Å²) in [6, 6.07) is 4.54. The van der Waals surface area contributed by atoms with Crippen molar-refractivity contribution >= 4 is 50.0 Å². The molecule has 2 fully saturated rings. The van der Waals surface area contributed by atoms with E-state index in [9.17, 15) is 22.8 Å². The molecule has 3 aliphatic rings. The average molecular weight is 738 g/mol. The van der Waals surface area contributed by atoms with Crippen LogP contribution in [0.15, 0.2) is 35.7 Å². The maximum Gasteiger partial charge on any atom is 0.259 e. The SMILES string of the molecule is COc1ccc2c(OCC[C@@H]3NC(=O)CCCCC/C=C\[C@@H]4C[C@@]4(C(=O)NS(=O)(=O)C4(C)CC4)NC3=O)cc(-c3nc(C(C)C)cs3)nc2c1C. The topological polar surface area (TPSA) is 166 Å². The minimum Gasteiger partial charge on any atom is -0.496 e. The van der Waals surface area contributed by atoms with E-state index in [2.05, 4.69) is 29.2 Å². The number of amides is 3. The Kier molecular flexibility index (Phi) is 10.5. The number of nitrogens with zero attached hydrogens (tertiary/aromatic N) is 2. The van der Waals surface area contributed by atoms with Crippen LogP contribution in [0.3, 0.4) is 0 Å². The van der Waals surface area contributed by atoms with Gasteiger partial charge in [-0.2, -0.15) is 0 Å². The molecule has 3 aromatic rings. The fourth-order valence-corrected chi connectivity index (χ4v) is 8.63. The summed E-state index contributed by atoms with van der Waals surface area (Å²) in [4.78, 5) is 50.4. The summed E-state index contributed by atoms with van der Waals surface area (Å²) in [6.45, 7) is 7.75. The van der Waals surface area contributed by atoms with Crippen molar-refractivity contribution < 1.29 is 32.3 Å². The van der Waals surface area contributed by atoms with Gasteiger partial charge in [0.1, 0.15) is 33.8 Å². The van der Waals surface area contributed by atoms with E-state index in [4.69, 9.17) is 19.4 Å². The first-order valence-electron chi connectivity index (χ1n) is 17.7. The Balaban J connectivity index is 1.25. The van der Waals surface area contributed by atoms with Crippen LogP contribution in [0, 0.1) is 12.8 Å². The number of hydrogen-bond donors (Lipinski definition) is 3. The summed E-state index contributed by atoms with van der Waals surface area (Å²) in [5, 5.41) is 9.25. The second kappa shape index (κ2) is 14.5. The van der Waals surface area contributed by atoms with Gasteiger partial charge < -0.3 is 20.1 Å². The Hall–Kier alpha value is -4.04. The summed E-state index contributed by atoms with van der Waals surface area (Å²) in [7, 11) is -2.32. The molecule has 0 radical (unpaired) electrons. The summed E-state index contributed by atoms with van der Waals surface area (Å²) in [5.41, 5.74) is 1.72. The molecule has 3 N–H and O–H groups in total. The van der Waals surface area contributed by atoms with Gasteiger partial charge in [0, 0.05) is 41.2 Å². The number of methoxy groups -OCH3 is 1. The highest BCUT2D eigenvalue weighted by molar-refractivity contribution is 7.91. The molecule has 3 heterocycles. The highest BCUT2D eigenvalue weighted by Crippen LogP contribution is 2.47. The van der Waals surface area contributed by atoms with Gasteiger partial charge in [-0.3, -0.25) is 19.1 Å². The first kappa shape index (κ1) is 36.7. The number of benzene rings is 1. The molecule has 14 heteroatoms. The zero-order valence-corrected chi connectivity index (χ0v) is 31.5. The molecule has 2 saturated carbocycles. The molecule has 0 spiro atoms. The molecule has 274 valence electrons. The zero-order valence-electron chi connectivity index (χ0n) is 29.8. The largest absolute Gasteiger partial charge is 0.496 e. The Morgan fingerprint density at radius 2 is 1.92 bits per heavy atom. The standard InChI is InChI=1S/C37H47N5O7S2/c1-22(2)28-21-50-34(40-28)27-19-30(25-13-14-29(48-5)23(3)32(25)39-27)49-18-15-26-33(44)41-37(35(45)42-51(46,47)36(4)16-17-36)20-24(37)11-9-7-6-8-10-12-31(43)38-26/h9,11,13-14,19,21-22,24,26H,6-8,10,12,15-18,20H2,1-5H3,(H,38,43)(H,41,44)(H,42,45)/b11-9-/t24-,26+,37-/m1/s1. The van der Waals surface area contributed by atoms with Crippen LogP contribution in [0.5, 0.6) is 11.5 Å². The van der Waals surface area contributed by atoms with Crippen LogP contribution in [0.4, 0.5) is 0 Å². The van der Waals surface area contributed by atoms with Crippen molar-refractivity contribution in [2.75, 3.05) is 13.7 Å². The fraction of sp³-hybridized carbons (Fsp3) is 0.541. The van der Waals surface area contributed by atoms with Crippen LogP contribution in [0.1, 0.15) is 95.7 Å². The molecule has 3 amide bonds. The summed E-state index contributed by atoms with van der Waals surface area (Å²) >= 11 is 1.50. The van der Waals surface area contributed by atoms with Crippen molar-refractivity contribution in [3.05, 3.63) is 47.0 Å². The number of thiazole rings is 1. The van der Waals surface area contributed by atoms with Crippen molar-refractivity contribution in [1.82, 2.24) is 25.3 Å². The number of hydrogen-bond acceptors (Lipinski definition) is 10. The van der Waals surface area contributed by atoms with Crippen LogP contribution in [0.25, 0.3) is 21.6 Å². The first-order valence-corrected chi connectivity index (χ1v) is 20.0. The van der Waals surface area contributed by atoms with Gasteiger partial charge >= 0.3 is 0 Å². The molecule has 2 aromatic heterocycles. The molecular weight excluding hydrogens is 691 g/mol. The number of rotatable bonds is 10. The van der Waals surface area contributed by atoms with Crippen molar-refractivity contribution in [1.29, 1.82) is 0 Å². The van der Waals surface area contributed by atoms with E-state index in [1.165, 1.54) is 11.3 Å². The number of nitrogens with one attached hydrogen (secondary N) is 3. The molecule has 2 aliphatic carbocycles. The van der Waals surface area contributed by atoms with Gasteiger partial charge in [0.05, 0.1) is 29.7 Å². The third-order valence-corrected chi connectivity index (χ3v) is 13.3. The lowest BCUT2D eigenvalue weighted by molar-refractivity contribution is -0.132. The number of carbonyl (C=O) groups is 3. The molecule has 0 saturated heterocycles. The van der Waals surface area contributed by atoms with E-state index in [1.807, 2.05) is 42.7 Å². The molecule has 3 atom stereocenters. The number of pyridine rings is 1. The summed E-state index contributed by atoms with van der Waals surface area (Å²) in [6.07, 6.45) is 8.56. The number of sulfonamides is 1. The Morgan fingerprint density at radius 1 is 1.14 bits per heavy atom. The van der Waals surface area contributed by atoms with Crippen molar-refractivity contribution in [3.63, 3.8) is 0 Å². The lowest BCUT2D eigenvalue weighted by Gasteiger charge is -2.24. The predicted octanol–water partition coefficient (Wildman–Crippen LogP) is 5.45. The van der Waals surface area contributed by atoms with Gasteiger partial charge in [-0.25, -0.2) is 18.4 Å². The van der Waals surface area contributed by atoms with Crippen molar-refractivity contribution in [3.8, 4) is 22.2 Å². The third kappa shape index (κ3) is 7.76. The maximum atomic E-state index is 14.0. The number of carbonyl (C=O) groups excluding carboxylic acids is 3. The minimum absolute atomic E-state index is 0.0480. The van der Waals surface area contributed by atoms with Gasteiger partial charge in [-0.05, 0) is 70.4 Å². The van der Waals surface area contributed by atoms with E-state index in [-0.39, 0.29) is 43.6 Å². The van der Waals surface area contributed by atoms with Gasteiger partial charge in [-0.1, -0.05) is 32.4 Å². The Bertz CT molecular complexity index is 1970. The van der Waals surface area contributed by atoms with E-state index < -0.39 is 38.2 Å². The Labute approximate surface area is 303 Å². The number of ether oxygens (including phenoxy) is 2. The number of fused-ring (bicyclic) bond motifs is 2. The van der Waals surface area contributed by atoms with E-state index >= 15 is 0 Å². The summed E-state index contributed by atoms with van der Waals surface area (Å²) in [5.74, 6) is -0.496. The van der Waals surface area contributed by atoms with E-state index in [0.717, 1.165) is 40.9 Å². The van der Waals surface area contributed by atoms with Gasteiger partial charge in [-0.15, -0.1) is 11.3 Å². The van der Waals surface area contributed by atoms with Crippen LogP contribution in [-0.4, -0.2) is 66.2 Å². The predicted molar refractivity (Wildman–Crippen MR) is 196 cm³/mol. The molecule has 0 unspecified atom stereocenters. The Morgan fingerprint density at radius 3 is 2.63 bits per heavy atom. The fourth-order valence-electron chi connectivity index (χ4n) is 6.38. The van der Waals surface area contributed by atoms with Crippen LogP contribution < -0.4 is 24.8 Å². The normalized spacial score (nSPS) is 24.1. The molecular formula is C37H47N5O7S2. The molecule has 12 nitrogen and oxygen atoms in total. The zero-order chi connectivity index (χ0) is 36.6. The van der Waals surface area contributed by atoms with E-state index in [0.29, 0.717) is 42.0 Å².